The van der Waals surface area contributed by atoms with Gasteiger partial charge in [-0.25, -0.2) is 22.2 Å². The fourth-order valence-corrected chi connectivity index (χ4v) is 4.65. The number of nitrogens with zero attached hydrogens (tertiary/aromatic N) is 2. The molecule has 2 aromatic carbocycles. The van der Waals surface area contributed by atoms with Crippen LogP contribution in [0, 0.1) is 5.82 Å². The van der Waals surface area contributed by atoms with Crippen molar-refractivity contribution in [2.24, 2.45) is 0 Å². The molecule has 8 heteroatoms. The minimum Gasteiger partial charge on any atom is -0.239 e. The van der Waals surface area contributed by atoms with Gasteiger partial charge in [0.1, 0.15) is 16.4 Å². The van der Waals surface area contributed by atoms with Crippen LogP contribution in [-0.2, 0) is 16.6 Å². The lowest BCUT2D eigenvalue weighted by atomic mass is 10.2. The second-order valence-corrected chi connectivity index (χ2v) is 8.73. The Morgan fingerprint density at radius 1 is 1.00 bits per heavy atom. The zero-order valence-electron chi connectivity index (χ0n) is 14.6. The second kappa shape index (κ2) is 7.67. The van der Waals surface area contributed by atoms with Crippen LogP contribution < -0.4 is 4.72 Å². The maximum atomic E-state index is 13.1. The van der Waals surface area contributed by atoms with Crippen molar-refractivity contribution in [3.63, 3.8) is 0 Å². The Morgan fingerprint density at radius 3 is 2.43 bits per heavy atom. The van der Waals surface area contributed by atoms with Crippen molar-refractivity contribution in [2.45, 2.75) is 11.4 Å². The highest BCUT2D eigenvalue weighted by atomic mass is 32.2. The van der Waals surface area contributed by atoms with Crippen molar-refractivity contribution in [1.82, 2.24) is 14.5 Å². The molecule has 1 N–H and O–H groups in total. The Labute approximate surface area is 166 Å². The highest BCUT2D eigenvalue weighted by molar-refractivity contribution is 7.89. The number of halogens is 1. The normalized spacial score (nSPS) is 11.6. The minimum atomic E-state index is -3.83. The van der Waals surface area contributed by atoms with Gasteiger partial charge in [0, 0.05) is 6.54 Å². The molecule has 0 atom stereocenters. The standard InChI is InChI=1S/C20H16FN3O2S2/c21-16-10-8-15(9-11-16)13-22-28(25,26)19-14-24(17-5-2-1-3-6-17)23-20(19)18-7-4-12-27-18/h1-12,14,22H,13H2. The van der Waals surface area contributed by atoms with Gasteiger partial charge in [0.05, 0.1) is 16.8 Å². The Morgan fingerprint density at radius 2 is 1.75 bits per heavy atom. The largest absolute Gasteiger partial charge is 0.244 e. The van der Waals surface area contributed by atoms with Crippen LogP contribution in [0.3, 0.4) is 0 Å². The van der Waals surface area contributed by atoms with Crippen molar-refractivity contribution in [2.75, 3.05) is 0 Å². The Hall–Kier alpha value is -2.81. The smallest absolute Gasteiger partial charge is 0.239 e. The Kier molecular flexibility index (Phi) is 5.08. The molecule has 5 nitrogen and oxygen atoms in total. The van der Waals surface area contributed by atoms with Gasteiger partial charge in [-0.15, -0.1) is 11.3 Å². The molecule has 4 aromatic rings. The number of rotatable bonds is 6. The fourth-order valence-electron chi connectivity index (χ4n) is 2.71. The molecule has 0 unspecified atom stereocenters. The van der Waals surface area contributed by atoms with Crippen LogP contribution in [0.15, 0.2) is 83.2 Å². The monoisotopic (exact) mass is 413 g/mol. The van der Waals surface area contributed by atoms with E-state index in [4.69, 9.17) is 0 Å². The molecule has 0 saturated heterocycles. The van der Waals surface area contributed by atoms with Gasteiger partial charge in [-0.05, 0) is 41.3 Å². The van der Waals surface area contributed by atoms with Crippen molar-refractivity contribution in [3.8, 4) is 16.3 Å². The van der Waals surface area contributed by atoms with Crippen LogP contribution in [0.5, 0.6) is 0 Å². The molecule has 0 fully saturated rings. The van der Waals surface area contributed by atoms with E-state index in [1.807, 2.05) is 47.8 Å². The summed E-state index contributed by atoms with van der Waals surface area (Å²) in [4.78, 5) is 0.859. The summed E-state index contributed by atoms with van der Waals surface area (Å²) in [5.41, 5.74) is 1.82. The lowest BCUT2D eigenvalue weighted by Crippen LogP contribution is -2.23. The summed E-state index contributed by atoms with van der Waals surface area (Å²) >= 11 is 1.42. The molecule has 142 valence electrons. The first-order chi connectivity index (χ1) is 13.5. The maximum Gasteiger partial charge on any atom is 0.244 e. The highest BCUT2D eigenvalue weighted by Gasteiger charge is 2.24. The average molecular weight is 413 g/mol. The first-order valence-electron chi connectivity index (χ1n) is 8.46. The molecule has 0 amide bonds. The Bertz CT molecular complexity index is 1170. The number of nitrogens with one attached hydrogen (secondary N) is 1. The van der Waals surface area contributed by atoms with Crippen molar-refractivity contribution in [1.29, 1.82) is 0 Å². The molecule has 28 heavy (non-hydrogen) atoms. The number of hydrogen-bond donors (Lipinski definition) is 1. The molecule has 0 radical (unpaired) electrons. The zero-order valence-corrected chi connectivity index (χ0v) is 16.3. The molecule has 0 aliphatic carbocycles. The predicted octanol–water partition coefficient (Wildman–Crippen LogP) is 4.22. The molecule has 0 aliphatic heterocycles. The average Bonchev–Trinajstić information content (AvgIpc) is 3.38. The highest BCUT2D eigenvalue weighted by Crippen LogP contribution is 2.30. The van der Waals surface area contributed by atoms with E-state index >= 15 is 0 Å². The third-order valence-corrected chi connectivity index (χ3v) is 6.40. The van der Waals surface area contributed by atoms with Gasteiger partial charge >= 0.3 is 0 Å². The van der Waals surface area contributed by atoms with E-state index in [2.05, 4.69) is 9.82 Å². The van der Waals surface area contributed by atoms with Crippen LogP contribution in [0.1, 0.15) is 5.56 Å². The van der Waals surface area contributed by atoms with E-state index in [0.29, 0.717) is 11.3 Å². The first kappa shape index (κ1) is 18.5. The maximum absolute atomic E-state index is 13.1. The number of benzene rings is 2. The van der Waals surface area contributed by atoms with E-state index in [9.17, 15) is 12.8 Å². The number of hydrogen-bond acceptors (Lipinski definition) is 4. The fraction of sp³-hybridized carbons (Fsp3) is 0.0500. The van der Waals surface area contributed by atoms with Crippen LogP contribution in [0.25, 0.3) is 16.3 Å². The third kappa shape index (κ3) is 3.89. The minimum absolute atomic E-state index is 0.0585. The molecular weight excluding hydrogens is 397 g/mol. The van der Waals surface area contributed by atoms with Gasteiger partial charge in [0.25, 0.3) is 0 Å². The third-order valence-electron chi connectivity index (χ3n) is 4.13. The molecule has 2 heterocycles. The first-order valence-corrected chi connectivity index (χ1v) is 10.8. The molecule has 0 aliphatic rings. The Balaban J connectivity index is 1.70. The molecule has 0 saturated carbocycles. The summed E-state index contributed by atoms with van der Waals surface area (Å²) in [5, 5.41) is 6.39. The number of para-hydroxylation sites is 1. The van der Waals surface area contributed by atoms with Gasteiger partial charge in [0.15, 0.2) is 0 Å². The zero-order chi connectivity index (χ0) is 19.6. The van der Waals surface area contributed by atoms with Gasteiger partial charge < -0.3 is 0 Å². The van der Waals surface area contributed by atoms with E-state index in [1.165, 1.54) is 29.7 Å². The van der Waals surface area contributed by atoms with Crippen LogP contribution in [0.4, 0.5) is 4.39 Å². The molecular formula is C20H16FN3O2S2. The van der Waals surface area contributed by atoms with Crippen LogP contribution >= 0.6 is 11.3 Å². The second-order valence-electron chi connectivity index (χ2n) is 6.05. The van der Waals surface area contributed by atoms with Crippen LogP contribution in [0.2, 0.25) is 0 Å². The van der Waals surface area contributed by atoms with Gasteiger partial charge in [-0.3, -0.25) is 0 Å². The van der Waals surface area contributed by atoms with Gasteiger partial charge in [-0.1, -0.05) is 36.4 Å². The summed E-state index contributed by atoms with van der Waals surface area (Å²) in [6.07, 6.45) is 1.51. The predicted molar refractivity (Wildman–Crippen MR) is 107 cm³/mol. The van der Waals surface area contributed by atoms with E-state index in [-0.39, 0.29) is 17.3 Å². The van der Waals surface area contributed by atoms with E-state index < -0.39 is 10.0 Å². The van der Waals surface area contributed by atoms with Crippen LogP contribution in [-0.4, -0.2) is 18.2 Å². The molecule has 4 rings (SSSR count). The summed E-state index contributed by atoms with van der Waals surface area (Å²) in [6.45, 7) is 0.0585. The molecule has 0 spiro atoms. The SMILES string of the molecule is O=S(=O)(NCc1ccc(F)cc1)c1cn(-c2ccccc2)nc1-c1cccs1. The number of aromatic nitrogens is 2. The lowest BCUT2D eigenvalue weighted by molar-refractivity contribution is 0.581. The molecule has 0 bridgehead atoms. The van der Waals surface area contributed by atoms with E-state index in [0.717, 1.165) is 10.6 Å². The quantitative estimate of drug-likeness (QED) is 0.515. The topological polar surface area (TPSA) is 64.0 Å². The lowest BCUT2D eigenvalue weighted by Gasteiger charge is -2.06. The van der Waals surface area contributed by atoms with Crippen molar-refractivity contribution >= 4 is 21.4 Å². The van der Waals surface area contributed by atoms with Gasteiger partial charge in [-0.2, -0.15) is 5.10 Å². The summed E-state index contributed by atoms with van der Waals surface area (Å²) in [6, 6.07) is 18.7. The summed E-state index contributed by atoms with van der Waals surface area (Å²) < 4.78 is 43.2. The van der Waals surface area contributed by atoms with E-state index in [1.54, 1.807) is 16.8 Å². The summed E-state index contributed by atoms with van der Waals surface area (Å²) in [7, 11) is -3.83. The van der Waals surface area contributed by atoms with Crippen molar-refractivity contribution < 1.29 is 12.8 Å². The molecule has 2 aromatic heterocycles. The van der Waals surface area contributed by atoms with Gasteiger partial charge in [0.2, 0.25) is 10.0 Å². The number of thiophene rings is 1. The van der Waals surface area contributed by atoms with Crippen molar-refractivity contribution in [3.05, 3.63) is 89.7 Å². The number of sulfonamides is 1. The summed E-state index contributed by atoms with van der Waals surface area (Å²) in [5.74, 6) is -0.365.